The van der Waals surface area contributed by atoms with Crippen LogP contribution in [0.3, 0.4) is 0 Å². The van der Waals surface area contributed by atoms with Gasteiger partial charge in [0.1, 0.15) is 6.10 Å². The summed E-state index contributed by atoms with van der Waals surface area (Å²) in [5.74, 6) is -0.389. The van der Waals surface area contributed by atoms with Crippen molar-refractivity contribution in [1.29, 1.82) is 0 Å². The van der Waals surface area contributed by atoms with Crippen LogP contribution < -0.4 is 0 Å². The van der Waals surface area contributed by atoms with Crippen LogP contribution in [0.15, 0.2) is 21.8 Å². The van der Waals surface area contributed by atoms with Crippen molar-refractivity contribution in [3.05, 3.63) is 21.8 Å². The number of ether oxygens (including phenoxy) is 1. The minimum atomic E-state index is -0.718. The Hall–Kier alpha value is -0.360. The van der Waals surface area contributed by atoms with Gasteiger partial charge >= 0.3 is 5.97 Å². The molecule has 0 radical (unpaired) electrons. The SMILES string of the molecule is C/C(=C\I)[C@@H](O)[C@H]1C=CC(=O)O1. The number of cyclic esters (lactones) is 1. The van der Waals surface area contributed by atoms with E-state index in [1.807, 2.05) is 22.6 Å². The van der Waals surface area contributed by atoms with Crippen LogP contribution in [-0.4, -0.2) is 23.3 Å². The normalized spacial score (nSPS) is 25.8. The number of esters is 1. The van der Waals surface area contributed by atoms with Gasteiger partial charge in [-0.1, -0.05) is 22.6 Å². The van der Waals surface area contributed by atoms with Crippen molar-refractivity contribution in [3.63, 3.8) is 0 Å². The van der Waals surface area contributed by atoms with Crippen LogP contribution in [0.1, 0.15) is 6.92 Å². The van der Waals surface area contributed by atoms with Crippen molar-refractivity contribution >= 4 is 28.6 Å². The first-order valence-electron chi connectivity index (χ1n) is 3.49. The van der Waals surface area contributed by atoms with Gasteiger partial charge in [-0.05, 0) is 22.7 Å². The predicted octanol–water partition coefficient (Wildman–Crippen LogP) is 1.17. The molecule has 0 saturated heterocycles. The van der Waals surface area contributed by atoms with E-state index in [0.717, 1.165) is 5.57 Å². The molecule has 1 aliphatic heterocycles. The lowest BCUT2D eigenvalue weighted by molar-refractivity contribution is -0.141. The topological polar surface area (TPSA) is 46.5 Å². The molecule has 0 aromatic rings. The maximum Gasteiger partial charge on any atom is 0.331 e. The molecule has 0 saturated carbocycles. The summed E-state index contributed by atoms with van der Waals surface area (Å²) >= 11 is 2.03. The molecule has 0 fully saturated rings. The second-order valence-corrected chi connectivity index (χ2v) is 3.18. The summed E-state index contributed by atoms with van der Waals surface area (Å²) in [7, 11) is 0. The van der Waals surface area contributed by atoms with Gasteiger partial charge in [0.15, 0.2) is 6.10 Å². The van der Waals surface area contributed by atoms with Crippen molar-refractivity contribution in [3.8, 4) is 0 Å². The van der Waals surface area contributed by atoms with Crippen molar-refractivity contribution < 1.29 is 14.6 Å². The van der Waals surface area contributed by atoms with E-state index in [-0.39, 0.29) is 5.97 Å². The highest BCUT2D eigenvalue weighted by atomic mass is 127. The molecule has 0 unspecified atom stereocenters. The number of hydrogen-bond acceptors (Lipinski definition) is 3. The van der Waals surface area contributed by atoms with E-state index in [2.05, 4.69) is 0 Å². The van der Waals surface area contributed by atoms with E-state index >= 15 is 0 Å². The third-order valence-corrected chi connectivity index (χ3v) is 2.61. The van der Waals surface area contributed by atoms with E-state index in [0.29, 0.717) is 0 Å². The average molecular weight is 280 g/mol. The summed E-state index contributed by atoms with van der Waals surface area (Å²) in [4.78, 5) is 10.6. The molecule has 66 valence electrons. The van der Waals surface area contributed by atoms with Crippen LogP contribution in [0.4, 0.5) is 0 Å². The predicted molar refractivity (Wildman–Crippen MR) is 52.8 cm³/mol. The Labute approximate surface area is 84.2 Å². The summed E-state index contributed by atoms with van der Waals surface area (Å²) in [5, 5.41) is 9.53. The first-order chi connectivity index (χ1) is 5.65. The minimum Gasteiger partial charge on any atom is -0.452 e. The van der Waals surface area contributed by atoms with E-state index in [1.54, 1.807) is 17.1 Å². The molecule has 1 heterocycles. The zero-order chi connectivity index (χ0) is 9.14. The molecule has 0 amide bonds. The standard InChI is InChI=1S/C8H9IO3/c1-5(4-9)8(11)6-2-3-7(10)12-6/h2-4,6,8,11H,1H3/b5-4+/t6-,8-/m1/s1. The van der Waals surface area contributed by atoms with Crippen LogP contribution in [-0.2, 0) is 9.53 Å². The quantitative estimate of drug-likeness (QED) is 0.610. The van der Waals surface area contributed by atoms with Crippen molar-refractivity contribution in [2.24, 2.45) is 0 Å². The fourth-order valence-electron chi connectivity index (χ4n) is 0.879. The molecule has 0 aliphatic carbocycles. The number of rotatable bonds is 2. The van der Waals surface area contributed by atoms with E-state index in [1.165, 1.54) is 6.08 Å². The average Bonchev–Trinajstić information content (AvgIpc) is 2.49. The Morgan fingerprint density at radius 1 is 1.92 bits per heavy atom. The summed E-state index contributed by atoms with van der Waals surface area (Å²) < 4.78 is 6.57. The van der Waals surface area contributed by atoms with Crippen molar-refractivity contribution in [2.45, 2.75) is 19.1 Å². The number of hydrogen-bond donors (Lipinski definition) is 1. The fraction of sp³-hybridized carbons (Fsp3) is 0.375. The third-order valence-electron chi connectivity index (χ3n) is 1.62. The van der Waals surface area contributed by atoms with Crippen LogP contribution in [0.5, 0.6) is 0 Å². The maximum atomic E-state index is 10.6. The zero-order valence-electron chi connectivity index (χ0n) is 6.53. The molecule has 1 aliphatic rings. The molecule has 1 N–H and O–H groups in total. The molecular weight excluding hydrogens is 271 g/mol. The first kappa shape index (κ1) is 9.73. The second-order valence-electron chi connectivity index (χ2n) is 2.56. The molecule has 4 heteroatoms. The van der Waals surface area contributed by atoms with Crippen LogP contribution in [0.25, 0.3) is 0 Å². The Kier molecular flexibility index (Phi) is 3.28. The van der Waals surface area contributed by atoms with E-state index in [9.17, 15) is 9.90 Å². The van der Waals surface area contributed by atoms with Gasteiger partial charge in [0.2, 0.25) is 0 Å². The second kappa shape index (κ2) is 4.04. The number of aliphatic hydroxyl groups excluding tert-OH is 1. The lowest BCUT2D eigenvalue weighted by Gasteiger charge is -2.15. The van der Waals surface area contributed by atoms with Gasteiger partial charge < -0.3 is 9.84 Å². The molecule has 12 heavy (non-hydrogen) atoms. The van der Waals surface area contributed by atoms with Gasteiger partial charge in [-0.15, -0.1) is 0 Å². The van der Waals surface area contributed by atoms with Gasteiger partial charge in [0, 0.05) is 6.08 Å². The molecule has 0 aromatic carbocycles. The third kappa shape index (κ3) is 2.07. The van der Waals surface area contributed by atoms with E-state index in [4.69, 9.17) is 4.74 Å². The Morgan fingerprint density at radius 3 is 3.00 bits per heavy atom. The molecule has 0 aromatic heterocycles. The van der Waals surface area contributed by atoms with Gasteiger partial charge in [-0.2, -0.15) is 0 Å². The Balaban J connectivity index is 2.61. The van der Waals surface area contributed by atoms with E-state index < -0.39 is 12.2 Å². The lowest BCUT2D eigenvalue weighted by Crippen LogP contribution is -2.26. The summed E-state index contributed by atoms with van der Waals surface area (Å²) in [6, 6.07) is 0. The lowest BCUT2D eigenvalue weighted by atomic mass is 10.1. The molecule has 3 nitrogen and oxygen atoms in total. The van der Waals surface area contributed by atoms with Crippen LogP contribution >= 0.6 is 22.6 Å². The number of carbonyl (C=O) groups is 1. The van der Waals surface area contributed by atoms with Crippen LogP contribution in [0, 0.1) is 0 Å². The zero-order valence-corrected chi connectivity index (χ0v) is 8.69. The number of aliphatic hydroxyl groups is 1. The molecule has 1 rings (SSSR count). The summed E-state index contributed by atoms with van der Waals surface area (Å²) in [5.41, 5.74) is 0.792. The van der Waals surface area contributed by atoms with Crippen molar-refractivity contribution in [2.75, 3.05) is 0 Å². The molecule has 0 bridgehead atoms. The van der Waals surface area contributed by atoms with Gasteiger partial charge in [-0.25, -0.2) is 4.79 Å². The maximum absolute atomic E-state index is 10.6. The smallest absolute Gasteiger partial charge is 0.331 e. The van der Waals surface area contributed by atoms with Gasteiger partial charge in [-0.3, -0.25) is 0 Å². The van der Waals surface area contributed by atoms with Crippen molar-refractivity contribution in [1.82, 2.24) is 0 Å². The van der Waals surface area contributed by atoms with Crippen LogP contribution in [0.2, 0.25) is 0 Å². The number of halogens is 1. The highest BCUT2D eigenvalue weighted by Crippen LogP contribution is 2.16. The highest BCUT2D eigenvalue weighted by molar-refractivity contribution is 14.1. The molecular formula is C8H9IO3. The molecule has 2 atom stereocenters. The summed E-state index contributed by atoms with van der Waals surface area (Å²) in [6.45, 7) is 1.79. The Morgan fingerprint density at radius 2 is 2.58 bits per heavy atom. The Bertz CT molecular complexity index is 245. The minimum absolute atomic E-state index is 0.389. The summed E-state index contributed by atoms with van der Waals surface area (Å²) in [6.07, 6.45) is 1.67. The first-order valence-corrected chi connectivity index (χ1v) is 4.73. The highest BCUT2D eigenvalue weighted by Gasteiger charge is 2.25. The van der Waals surface area contributed by atoms with Gasteiger partial charge in [0.25, 0.3) is 0 Å². The molecule has 0 spiro atoms. The largest absolute Gasteiger partial charge is 0.452 e. The number of carbonyl (C=O) groups excluding carboxylic acids is 1. The fourth-order valence-corrected chi connectivity index (χ4v) is 1.25. The monoisotopic (exact) mass is 280 g/mol. The van der Waals surface area contributed by atoms with Gasteiger partial charge in [0.05, 0.1) is 0 Å².